The molecule has 0 spiro atoms. The maximum atomic E-state index is 12.5. The highest BCUT2D eigenvalue weighted by Gasteiger charge is 2.18. The lowest BCUT2D eigenvalue weighted by molar-refractivity contribution is -0.143. The number of aliphatic hydroxyl groups excluding tert-OH is 2. The minimum absolute atomic E-state index is 0.0132. The van der Waals surface area contributed by atoms with E-state index in [0.717, 1.165) is 51.4 Å². The first-order valence-corrected chi connectivity index (χ1v) is 40.9. The van der Waals surface area contributed by atoms with Crippen LogP contribution in [0.4, 0.5) is 0 Å². The van der Waals surface area contributed by atoms with E-state index in [2.05, 4.69) is 55.6 Å². The van der Waals surface area contributed by atoms with Crippen molar-refractivity contribution >= 4 is 11.9 Å². The zero-order chi connectivity index (χ0) is 64.9. The number of carbonyl (C=O) groups is 2. The van der Waals surface area contributed by atoms with Crippen molar-refractivity contribution in [3.05, 3.63) is 48.6 Å². The highest BCUT2D eigenvalue weighted by atomic mass is 16.5. The second-order valence-electron chi connectivity index (χ2n) is 28.1. The van der Waals surface area contributed by atoms with Crippen LogP contribution in [0.25, 0.3) is 0 Å². The van der Waals surface area contributed by atoms with Gasteiger partial charge in [0.25, 0.3) is 0 Å². The van der Waals surface area contributed by atoms with Crippen LogP contribution in [0.5, 0.6) is 0 Å². The third kappa shape index (κ3) is 74.9. The largest absolute Gasteiger partial charge is 0.466 e. The van der Waals surface area contributed by atoms with Crippen LogP contribution in [0.1, 0.15) is 450 Å². The molecule has 0 aromatic rings. The van der Waals surface area contributed by atoms with Gasteiger partial charge in [-0.05, 0) is 89.9 Å². The Morgan fingerprint density at radius 1 is 0.311 bits per heavy atom. The number of hydrogen-bond donors (Lipinski definition) is 3. The van der Waals surface area contributed by atoms with Gasteiger partial charge in [-0.15, -0.1) is 0 Å². The lowest BCUT2D eigenvalue weighted by atomic mass is 10.0. The number of esters is 1. The van der Waals surface area contributed by atoms with Gasteiger partial charge in [-0.1, -0.05) is 396 Å². The number of ether oxygens (including phenoxy) is 1. The summed E-state index contributed by atoms with van der Waals surface area (Å²) in [5, 5.41) is 23.3. The lowest BCUT2D eigenvalue weighted by Crippen LogP contribution is -2.45. The lowest BCUT2D eigenvalue weighted by Gasteiger charge is -2.20. The molecule has 530 valence electrons. The van der Waals surface area contributed by atoms with E-state index in [1.165, 1.54) is 372 Å². The Labute approximate surface area is 563 Å². The Bertz CT molecular complexity index is 1500. The Kier molecular flexibility index (Phi) is 77.3. The van der Waals surface area contributed by atoms with Gasteiger partial charge in [0.15, 0.2) is 0 Å². The van der Waals surface area contributed by atoms with Crippen molar-refractivity contribution < 1.29 is 24.5 Å². The van der Waals surface area contributed by atoms with Crippen LogP contribution in [-0.4, -0.2) is 47.4 Å². The number of allylic oxidation sites excluding steroid dienone is 7. The fourth-order valence-corrected chi connectivity index (χ4v) is 12.8. The molecule has 0 rings (SSSR count). The summed E-state index contributed by atoms with van der Waals surface area (Å²) >= 11 is 0. The summed E-state index contributed by atoms with van der Waals surface area (Å²) in [5.74, 6) is -0.0471. The molecule has 6 nitrogen and oxygen atoms in total. The molecule has 0 saturated heterocycles. The van der Waals surface area contributed by atoms with Gasteiger partial charge < -0.3 is 20.3 Å². The third-order valence-electron chi connectivity index (χ3n) is 19.1. The molecule has 0 aliphatic rings. The summed E-state index contributed by atoms with van der Waals surface area (Å²) in [4.78, 5) is 24.7. The maximum absolute atomic E-state index is 12.5. The molecule has 0 aromatic carbocycles. The molecule has 1 amide bonds. The zero-order valence-electron chi connectivity index (χ0n) is 60.9. The summed E-state index contributed by atoms with van der Waals surface area (Å²) in [6, 6.07) is -0.627. The van der Waals surface area contributed by atoms with Crippen molar-refractivity contribution in [1.82, 2.24) is 5.32 Å². The van der Waals surface area contributed by atoms with Gasteiger partial charge in [-0.3, -0.25) is 9.59 Å². The van der Waals surface area contributed by atoms with Crippen molar-refractivity contribution in [3.8, 4) is 0 Å². The number of amides is 1. The molecule has 0 aromatic heterocycles. The van der Waals surface area contributed by atoms with Crippen LogP contribution >= 0.6 is 0 Å². The van der Waals surface area contributed by atoms with E-state index in [-0.39, 0.29) is 18.5 Å². The first kappa shape index (κ1) is 87.8. The second-order valence-corrected chi connectivity index (χ2v) is 28.1. The number of unbranched alkanes of at least 4 members (excludes halogenated alkanes) is 60. The summed E-state index contributed by atoms with van der Waals surface area (Å²) in [6.07, 6.45) is 105. The van der Waals surface area contributed by atoms with E-state index < -0.39 is 12.1 Å². The third-order valence-corrected chi connectivity index (χ3v) is 19.1. The molecule has 0 bridgehead atoms. The maximum Gasteiger partial charge on any atom is 0.305 e. The normalized spacial score (nSPS) is 12.7. The topological polar surface area (TPSA) is 95.9 Å². The van der Waals surface area contributed by atoms with Gasteiger partial charge in [-0.2, -0.15) is 0 Å². The molecule has 0 fully saturated rings. The van der Waals surface area contributed by atoms with Crippen LogP contribution in [0.3, 0.4) is 0 Å². The Balaban J connectivity index is 3.36. The summed E-state index contributed by atoms with van der Waals surface area (Å²) in [5.41, 5.74) is 0. The fraction of sp³-hybridized carbons (Fsp3) is 0.881. The number of rotatable bonds is 77. The second kappa shape index (κ2) is 79.3. The minimum Gasteiger partial charge on any atom is -0.466 e. The number of hydrogen-bond acceptors (Lipinski definition) is 5. The molecule has 0 heterocycles. The first-order chi connectivity index (χ1) is 44.5. The average Bonchev–Trinajstić information content (AvgIpc) is 3.71. The van der Waals surface area contributed by atoms with E-state index in [1.807, 2.05) is 6.08 Å². The van der Waals surface area contributed by atoms with Crippen molar-refractivity contribution in [2.45, 2.75) is 463 Å². The smallest absolute Gasteiger partial charge is 0.305 e. The van der Waals surface area contributed by atoms with E-state index in [4.69, 9.17) is 4.74 Å². The fourth-order valence-electron chi connectivity index (χ4n) is 12.8. The number of carbonyl (C=O) groups excluding carboxylic acids is 2. The molecule has 3 N–H and O–H groups in total. The van der Waals surface area contributed by atoms with Crippen LogP contribution < -0.4 is 5.32 Å². The van der Waals surface area contributed by atoms with Crippen LogP contribution in [0, 0.1) is 0 Å². The number of nitrogens with one attached hydrogen (secondary N) is 1. The molecule has 2 atom stereocenters. The van der Waals surface area contributed by atoms with Gasteiger partial charge in [0.05, 0.1) is 25.4 Å². The molecule has 6 heteroatoms. The van der Waals surface area contributed by atoms with Gasteiger partial charge in [0.1, 0.15) is 0 Å². The van der Waals surface area contributed by atoms with E-state index in [9.17, 15) is 19.8 Å². The highest BCUT2D eigenvalue weighted by molar-refractivity contribution is 5.76. The zero-order valence-corrected chi connectivity index (χ0v) is 60.9. The van der Waals surface area contributed by atoms with Crippen molar-refractivity contribution in [2.75, 3.05) is 13.2 Å². The summed E-state index contributed by atoms with van der Waals surface area (Å²) < 4.78 is 5.51. The minimum atomic E-state index is -0.843. The number of aliphatic hydroxyl groups is 2. The Hall–Kier alpha value is -2.18. The SMILES string of the molecule is CCCCCC/C=C\C/C=C\CCCCCCCCCC(=O)OCCCCCCCCCCCCCCCC/C=C\CCCCCCCCCCCCCCCCCCCC(=O)NC(CO)C(O)/C=C/CCCCCCCCCCCCCCCCCCCC. The molecular formula is C84H159NO5. The van der Waals surface area contributed by atoms with Crippen molar-refractivity contribution in [3.63, 3.8) is 0 Å². The Morgan fingerprint density at radius 3 is 0.867 bits per heavy atom. The first-order valence-electron chi connectivity index (χ1n) is 40.9. The molecule has 0 radical (unpaired) electrons. The molecule has 2 unspecified atom stereocenters. The molecular weight excluding hydrogens is 1100 g/mol. The summed E-state index contributed by atoms with van der Waals surface area (Å²) in [6.45, 7) is 4.93. The van der Waals surface area contributed by atoms with E-state index in [0.29, 0.717) is 19.4 Å². The Morgan fingerprint density at radius 2 is 0.556 bits per heavy atom. The van der Waals surface area contributed by atoms with Crippen molar-refractivity contribution in [1.29, 1.82) is 0 Å². The highest BCUT2D eigenvalue weighted by Crippen LogP contribution is 2.20. The quantitative estimate of drug-likeness (QED) is 0.0320. The monoisotopic (exact) mass is 1260 g/mol. The van der Waals surface area contributed by atoms with Crippen molar-refractivity contribution in [2.24, 2.45) is 0 Å². The molecule has 0 saturated carbocycles. The summed E-state index contributed by atoms with van der Waals surface area (Å²) in [7, 11) is 0. The standard InChI is InChI=1S/C84H159NO5/c1-3-5-7-9-11-13-15-17-19-21-23-41-44-48-52-56-60-64-68-72-76-82(87)81(80-86)85-83(88)77-73-69-65-61-57-53-49-45-42-39-37-35-33-31-29-27-25-24-26-28-30-32-34-36-38-40-43-47-51-55-59-63-67-71-75-79-90-84(89)78-74-70-66-62-58-54-50-46-22-20-18-16-14-12-10-8-6-4-2/h14,16,20,22,26,28,72,76,81-82,86-87H,3-13,15,17-19,21,23-25,27,29-71,73-75,77-80H2,1-2H3,(H,85,88)/b16-14-,22-20-,28-26-,76-72+. The van der Waals surface area contributed by atoms with E-state index in [1.54, 1.807) is 6.08 Å². The van der Waals surface area contributed by atoms with Crippen LogP contribution in [-0.2, 0) is 14.3 Å². The van der Waals surface area contributed by atoms with Crippen LogP contribution in [0.2, 0.25) is 0 Å². The molecule has 90 heavy (non-hydrogen) atoms. The molecule has 0 aliphatic carbocycles. The van der Waals surface area contributed by atoms with Crippen LogP contribution in [0.15, 0.2) is 48.6 Å². The predicted octanol–water partition coefficient (Wildman–Crippen LogP) is 27.2. The van der Waals surface area contributed by atoms with Gasteiger partial charge in [0.2, 0.25) is 5.91 Å². The van der Waals surface area contributed by atoms with Gasteiger partial charge >= 0.3 is 5.97 Å². The van der Waals surface area contributed by atoms with E-state index >= 15 is 0 Å². The molecule has 0 aliphatic heterocycles. The van der Waals surface area contributed by atoms with Gasteiger partial charge in [0, 0.05) is 12.8 Å². The average molecular weight is 1260 g/mol. The predicted molar refractivity (Wildman–Crippen MR) is 398 cm³/mol. The van der Waals surface area contributed by atoms with Gasteiger partial charge in [-0.25, -0.2) is 0 Å².